The first-order valence-electron chi connectivity index (χ1n) is 10.4. The third-order valence-electron chi connectivity index (χ3n) is 4.73. The van der Waals surface area contributed by atoms with Gasteiger partial charge in [0.15, 0.2) is 5.58 Å². The number of oxazole rings is 1. The Morgan fingerprint density at radius 1 is 1.03 bits per heavy atom. The van der Waals surface area contributed by atoms with Crippen molar-refractivity contribution in [3.8, 4) is 23.0 Å². The zero-order valence-corrected chi connectivity index (χ0v) is 18.6. The number of benzene rings is 3. The average Bonchev–Trinajstić information content (AvgIpc) is 3.16. The fourth-order valence-corrected chi connectivity index (χ4v) is 3.35. The van der Waals surface area contributed by atoms with Crippen LogP contribution in [0.2, 0.25) is 0 Å². The van der Waals surface area contributed by atoms with E-state index in [2.05, 4.69) is 15.0 Å². The molecule has 0 bridgehead atoms. The molecule has 1 amide bonds. The lowest BCUT2D eigenvalue weighted by Crippen LogP contribution is -2.20. The number of ether oxygens (including phenoxy) is 2. The molecule has 9 heteroatoms. The topological polar surface area (TPSA) is 73.6 Å². The van der Waals surface area contributed by atoms with Crippen molar-refractivity contribution in [2.45, 2.75) is 33.2 Å². The molecular formula is C25H21F3N2O4. The minimum Gasteiger partial charge on any atom is -0.490 e. The van der Waals surface area contributed by atoms with E-state index < -0.39 is 18.0 Å². The number of alkyl halides is 3. The van der Waals surface area contributed by atoms with Crippen LogP contribution in [-0.4, -0.2) is 23.4 Å². The summed E-state index contributed by atoms with van der Waals surface area (Å²) in [5.74, 6) is -0.594. The molecule has 0 fully saturated rings. The fourth-order valence-electron chi connectivity index (χ4n) is 3.35. The summed E-state index contributed by atoms with van der Waals surface area (Å²) >= 11 is 0. The zero-order valence-electron chi connectivity index (χ0n) is 18.6. The normalized spacial score (nSPS) is 11.6. The Balaban J connectivity index is 1.69. The maximum Gasteiger partial charge on any atom is 0.573 e. The van der Waals surface area contributed by atoms with Crippen molar-refractivity contribution in [1.82, 2.24) is 4.98 Å². The highest BCUT2D eigenvalue weighted by Crippen LogP contribution is 2.35. The average molecular weight is 470 g/mol. The van der Waals surface area contributed by atoms with Gasteiger partial charge in [-0.05, 0) is 68.8 Å². The lowest BCUT2D eigenvalue weighted by molar-refractivity contribution is -0.274. The lowest BCUT2D eigenvalue weighted by atomic mass is 10.1. The molecule has 34 heavy (non-hydrogen) atoms. The van der Waals surface area contributed by atoms with Gasteiger partial charge >= 0.3 is 6.36 Å². The largest absolute Gasteiger partial charge is 0.573 e. The number of para-hydroxylation sites is 1. The highest BCUT2D eigenvalue weighted by molar-refractivity contribution is 6.06. The number of nitrogens with one attached hydrogen (secondary N) is 1. The Bertz CT molecular complexity index is 1350. The smallest absolute Gasteiger partial charge is 0.490 e. The van der Waals surface area contributed by atoms with Gasteiger partial charge in [0.25, 0.3) is 5.91 Å². The summed E-state index contributed by atoms with van der Waals surface area (Å²) in [6.45, 7) is 5.68. The Kier molecular flexibility index (Phi) is 6.19. The Labute approximate surface area is 193 Å². The van der Waals surface area contributed by atoms with Crippen LogP contribution in [-0.2, 0) is 0 Å². The molecule has 0 unspecified atom stereocenters. The van der Waals surface area contributed by atoms with E-state index in [-0.39, 0.29) is 17.6 Å². The summed E-state index contributed by atoms with van der Waals surface area (Å²) < 4.78 is 54.0. The van der Waals surface area contributed by atoms with Gasteiger partial charge in [-0.3, -0.25) is 4.79 Å². The number of amides is 1. The van der Waals surface area contributed by atoms with Crippen LogP contribution in [0.15, 0.2) is 65.1 Å². The van der Waals surface area contributed by atoms with Crippen LogP contribution in [0.25, 0.3) is 22.6 Å². The maximum atomic E-state index is 12.8. The van der Waals surface area contributed by atoms with Gasteiger partial charge < -0.3 is 19.2 Å². The minimum absolute atomic E-state index is 0.141. The van der Waals surface area contributed by atoms with E-state index in [9.17, 15) is 18.0 Å². The Hall–Kier alpha value is -4.01. The molecule has 3 aromatic carbocycles. The highest BCUT2D eigenvalue weighted by atomic mass is 19.4. The first kappa shape index (κ1) is 23.2. The maximum absolute atomic E-state index is 12.8. The SMILES string of the molecule is Cc1ccc2oc(-c3cc(NC(=O)c4ccccc4OC(F)(F)F)ccc3OC(C)C)nc2c1. The molecule has 6 nitrogen and oxygen atoms in total. The molecular weight excluding hydrogens is 449 g/mol. The van der Waals surface area contributed by atoms with Gasteiger partial charge in [0.1, 0.15) is 17.0 Å². The number of aromatic nitrogens is 1. The van der Waals surface area contributed by atoms with Crippen molar-refractivity contribution in [3.63, 3.8) is 0 Å². The van der Waals surface area contributed by atoms with Crippen LogP contribution in [0.1, 0.15) is 29.8 Å². The quantitative estimate of drug-likeness (QED) is 0.338. The summed E-state index contributed by atoms with van der Waals surface area (Å²) in [4.78, 5) is 17.3. The van der Waals surface area contributed by atoms with Crippen molar-refractivity contribution in [2.24, 2.45) is 0 Å². The van der Waals surface area contributed by atoms with Gasteiger partial charge in [0.2, 0.25) is 5.89 Å². The van der Waals surface area contributed by atoms with E-state index in [1.165, 1.54) is 18.2 Å². The molecule has 0 aliphatic heterocycles. The number of carbonyl (C=O) groups is 1. The van der Waals surface area contributed by atoms with Gasteiger partial charge in [-0.2, -0.15) is 0 Å². The third-order valence-corrected chi connectivity index (χ3v) is 4.73. The number of anilines is 1. The van der Waals surface area contributed by atoms with Crippen molar-refractivity contribution in [1.29, 1.82) is 0 Å². The number of aryl methyl sites for hydroxylation is 1. The van der Waals surface area contributed by atoms with E-state index >= 15 is 0 Å². The van der Waals surface area contributed by atoms with E-state index in [4.69, 9.17) is 9.15 Å². The highest BCUT2D eigenvalue weighted by Gasteiger charge is 2.33. The van der Waals surface area contributed by atoms with E-state index in [0.717, 1.165) is 11.6 Å². The number of hydrogen-bond donors (Lipinski definition) is 1. The second-order valence-corrected chi connectivity index (χ2v) is 7.87. The standard InChI is InChI=1S/C25H21F3N2O4/c1-14(2)32-20-11-9-16(13-18(20)24-30-19-12-15(3)8-10-22(19)33-24)29-23(31)17-6-4-5-7-21(17)34-25(26,27)28/h4-14H,1-3H3,(H,29,31). The number of nitrogens with zero attached hydrogens (tertiary/aromatic N) is 1. The van der Waals surface area contributed by atoms with E-state index in [1.807, 2.05) is 39.0 Å². The zero-order chi connectivity index (χ0) is 24.5. The molecule has 4 rings (SSSR count). The van der Waals surface area contributed by atoms with Crippen LogP contribution in [0.4, 0.5) is 18.9 Å². The molecule has 1 aromatic heterocycles. The second-order valence-electron chi connectivity index (χ2n) is 7.87. The molecule has 1 N–H and O–H groups in total. The molecule has 0 spiro atoms. The monoisotopic (exact) mass is 470 g/mol. The Morgan fingerprint density at radius 2 is 1.79 bits per heavy atom. The molecule has 0 atom stereocenters. The van der Waals surface area contributed by atoms with Crippen LogP contribution in [0, 0.1) is 6.92 Å². The number of halogens is 3. The molecule has 1 heterocycles. The predicted molar refractivity (Wildman–Crippen MR) is 121 cm³/mol. The predicted octanol–water partition coefficient (Wildman–Crippen LogP) is 6.74. The number of fused-ring (bicyclic) bond motifs is 1. The van der Waals surface area contributed by atoms with E-state index in [1.54, 1.807) is 18.2 Å². The Morgan fingerprint density at radius 3 is 2.53 bits per heavy atom. The van der Waals surface area contributed by atoms with Crippen molar-refractivity contribution < 1.29 is 31.9 Å². The number of rotatable bonds is 6. The van der Waals surface area contributed by atoms with E-state index in [0.29, 0.717) is 28.1 Å². The first-order valence-corrected chi connectivity index (χ1v) is 10.4. The molecule has 0 aliphatic carbocycles. The molecule has 176 valence electrons. The molecule has 0 saturated heterocycles. The van der Waals surface area contributed by atoms with Gasteiger partial charge in [-0.25, -0.2) is 4.98 Å². The minimum atomic E-state index is -4.93. The number of carbonyl (C=O) groups excluding carboxylic acids is 1. The summed E-state index contributed by atoms with van der Waals surface area (Å²) in [6.07, 6.45) is -5.07. The molecule has 0 radical (unpaired) electrons. The van der Waals surface area contributed by atoms with Gasteiger partial charge in [0, 0.05) is 5.69 Å². The van der Waals surface area contributed by atoms with Gasteiger partial charge in [0.05, 0.1) is 17.2 Å². The van der Waals surface area contributed by atoms with Crippen LogP contribution < -0.4 is 14.8 Å². The fraction of sp³-hybridized carbons (Fsp3) is 0.200. The van der Waals surface area contributed by atoms with Crippen LogP contribution in [0.3, 0.4) is 0 Å². The van der Waals surface area contributed by atoms with Crippen molar-refractivity contribution in [3.05, 3.63) is 71.8 Å². The lowest BCUT2D eigenvalue weighted by Gasteiger charge is -2.15. The summed E-state index contributed by atoms with van der Waals surface area (Å²) in [6, 6.07) is 15.5. The molecule has 0 aliphatic rings. The first-order chi connectivity index (χ1) is 16.1. The molecule has 0 saturated carbocycles. The van der Waals surface area contributed by atoms with Crippen molar-refractivity contribution in [2.75, 3.05) is 5.32 Å². The third kappa shape index (κ3) is 5.31. The summed E-state index contributed by atoms with van der Waals surface area (Å²) in [7, 11) is 0. The van der Waals surface area contributed by atoms with Gasteiger partial charge in [-0.1, -0.05) is 18.2 Å². The van der Waals surface area contributed by atoms with Crippen molar-refractivity contribution >= 4 is 22.7 Å². The second kappa shape index (κ2) is 9.09. The molecule has 4 aromatic rings. The van der Waals surface area contributed by atoms with Crippen LogP contribution in [0.5, 0.6) is 11.5 Å². The van der Waals surface area contributed by atoms with Gasteiger partial charge in [-0.15, -0.1) is 13.2 Å². The summed E-state index contributed by atoms with van der Waals surface area (Å²) in [5.41, 5.74) is 2.81. The van der Waals surface area contributed by atoms with Crippen LogP contribution >= 0.6 is 0 Å². The number of hydrogen-bond acceptors (Lipinski definition) is 5. The summed E-state index contributed by atoms with van der Waals surface area (Å²) in [5, 5.41) is 2.61.